The molecule has 0 radical (unpaired) electrons. The van der Waals surface area contributed by atoms with Gasteiger partial charge in [0, 0.05) is 18.0 Å². The minimum Gasteiger partial charge on any atom is -0.493 e. The van der Waals surface area contributed by atoms with Gasteiger partial charge in [0.1, 0.15) is 11.6 Å². The van der Waals surface area contributed by atoms with E-state index in [0.717, 1.165) is 37.4 Å². The van der Waals surface area contributed by atoms with Gasteiger partial charge < -0.3 is 10.1 Å². The molecule has 104 valence electrons. The van der Waals surface area contributed by atoms with Crippen LogP contribution >= 0.6 is 0 Å². The van der Waals surface area contributed by atoms with Crippen molar-refractivity contribution in [1.82, 2.24) is 5.32 Å². The van der Waals surface area contributed by atoms with Crippen molar-refractivity contribution in [3.63, 3.8) is 0 Å². The normalized spacial score (nSPS) is 16.8. The molecule has 1 aliphatic heterocycles. The molecule has 0 saturated carbocycles. The summed E-state index contributed by atoms with van der Waals surface area (Å²) in [6, 6.07) is 14.9. The van der Waals surface area contributed by atoms with Gasteiger partial charge in [0.25, 0.3) is 0 Å². The van der Waals surface area contributed by atoms with Gasteiger partial charge >= 0.3 is 0 Å². The first-order chi connectivity index (χ1) is 9.83. The Morgan fingerprint density at radius 1 is 1.10 bits per heavy atom. The average Bonchev–Trinajstić information content (AvgIpc) is 2.89. The molecule has 20 heavy (non-hydrogen) atoms. The summed E-state index contributed by atoms with van der Waals surface area (Å²) in [5.74, 6) is 1.26. The van der Waals surface area contributed by atoms with E-state index in [2.05, 4.69) is 17.4 Å². The highest BCUT2D eigenvalue weighted by Gasteiger charge is 2.22. The topological polar surface area (TPSA) is 21.3 Å². The molecule has 0 aliphatic carbocycles. The van der Waals surface area contributed by atoms with E-state index in [-0.39, 0.29) is 5.82 Å². The van der Waals surface area contributed by atoms with Gasteiger partial charge in [-0.1, -0.05) is 30.3 Å². The van der Waals surface area contributed by atoms with Crippen LogP contribution in [0, 0.1) is 5.82 Å². The van der Waals surface area contributed by atoms with Crippen molar-refractivity contribution in [2.45, 2.75) is 12.3 Å². The second kappa shape index (κ2) is 6.06. The SMILES string of the molecule is Fc1ccc(CCNCC2COc3ccccc32)cc1. The predicted molar refractivity (Wildman–Crippen MR) is 77.7 cm³/mol. The lowest BCUT2D eigenvalue weighted by Crippen LogP contribution is -2.24. The molecule has 0 amide bonds. The van der Waals surface area contributed by atoms with Gasteiger partial charge in [-0.2, -0.15) is 0 Å². The number of halogens is 1. The van der Waals surface area contributed by atoms with Crippen molar-refractivity contribution in [2.24, 2.45) is 0 Å². The Balaban J connectivity index is 1.46. The molecule has 0 saturated heterocycles. The minimum absolute atomic E-state index is 0.179. The highest BCUT2D eigenvalue weighted by Crippen LogP contribution is 2.32. The summed E-state index contributed by atoms with van der Waals surface area (Å²) in [4.78, 5) is 0. The van der Waals surface area contributed by atoms with E-state index in [0.29, 0.717) is 5.92 Å². The number of hydrogen-bond acceptors (Lipinski definition) is 2. The van der Waals surface area contributed by atoms with Gasteiger partial charge in [-0.15, -0.1) is 0 Å². The van der Waals surface area contributed by atoms with Gasteiger partial charge in [0.05, 0.1) is 6.61 Å². The number of fused-ring (bicyclic) bond motifs is 1. The molecule has 2 nitrogen and oxygen atoms in total. The van der Waals surface area contributed by atoms with E-state index in [1.165, 1.54) is 17.7 Å². The van der Waals surface area contributed by atoms with E-state index in [1.54, 1.807) is 0 Å². The summed E-state index contributed by atoms with van der Waals surface area (Å²) in [5.41, 5.74) is 2.45. The molecule has 1 heterocycles. The predicted octanol–water partition coefficient (Wildman–Crippen LogP) is 3.13. The first-order valence-electron chi connectivity index (χ1n) is 7.00. The molecule has 1 atom stereocenters. The van der Waals surface area contributed by atoms with Crippen LogP contribution in [0.1, 0.15) is 17.0 Å². The van der Waals surface area contributed by atoms with Gasteiger partial charge in [-0.05, 0) is 36.7 Å². The first kappa shape index (κ1) is 13.1. The fourth-order valence-electron chi connectivity index (χ4n) is 2.56. The van der Waals surface area contributed by atoms with Crippen LogP contribution in [0.25, 0.3) is 0 Å². The summed E-state index contributed by atoms with van der Waals surface area (Å²) in [5, 5.41) is 3.46. The lowest BCUT2D eigenvalue weighted by molar-refractivity contribution is 0.327. The molecule has 0 bridgehead atoms. The summed E-state index contributed by atoms with van der Waals surface area (Å²) in [7, 11) is 0. The zero-order valence-corrected chi connectivity index (χ0v) is 11.3. The van der Waals surface area contributed by atoms with E-state index in [9.17, 15) is 4.39 Å². The van der Waals surface area contributed by atoms with Crippen LogP contribution in [-0.2, 0) is 6.42 Å². The Labute approximate surface area is 118 Å². The Morgan fingerprint density at radius 3 is 2.75 bits per heavy atom. The summed E-state index contributed by atoms with van der Waals surface area (Å²) in [6.45, 7) is 2.56. The van der Waals surface area contributed by atoms with Crippen molar-refractivity contribution in [2.75, 3.05) is 19.7 Å². The third-order valence-corrected chi connectivity index (χ3v) is 3.69. The number of benzene rings is 2. The van der Waals surface area contributed by atoms with Gasteiger partial charge in [-0.25, -0.2) is 4.39 Å². The zero-order chi connectivity index (χ0) is 13.8. The van der Waals surface area contributed by atoms with Crippen molar-refractivity contribution in [1.29, 1.82) is 0 Å². The maximum atomic E-state index is 12.8. The first-order valence-corrected chi connectivity index (χ1v) is 7.00. The fourth-order valence-corrected chi connectivity index (χ4v) is 2.56. The van der Waals surface area contributed by atoms with Crippen molar-refractivity contribution >= 4 is 0 Å². The van der Waals surface area contributed by atoms with Crippen LogP contribution in [-0.4, -0.2) is 19.7 Å². The Morgan fingerprint density at radius 2 is 1.90 bits per heavy atom. The minimum atomic E-state index is -0.179. The third kappa shape index (κ3) is 2.99. The van der Waals surface area contributed by atoms with Crippen LogP contribution in [0.3, 0.4) is 0 Å². The largest absolute Gasteiger partial charge is 0.493 e. The maximum Gasteiger partial charge on any atom is 0.123 e. The molecule has 2 aromatic carbocycles. The van der Waals surface area contributed by atoms with Gasteiger partial charge in [0.15, 0.2) is 0 Å². The molecule has 3 rings (SSSR count). The second-order valence-corrected chi connectivity index (χ2v) is 5.13. The van der Waals surface area contributed by atoms with Crippen molar-refractivity contribution in [3.05, 3.63) is 65.5 Å². The standard InChI is InChI=1S/C17H18FNO/c18-15-7-5-13(6-8-15)9-10-19-11-14-12-20-17-4-2-1-3-16(14)17/h1-8,14,19H,9-12H2. The molecule has 1 aliphatic rings. The number of para-hydroxylation sites is 1. The molecule has 0 spiro atoms. The number of ether oxygens (including phenoxy) is 1. The highest BCUT2D eigenvalue weighted by atomic mass is 19.1. The maximum absolute atomic E-state index is 12.8. The van der Waals surface area contributed by atoms with Crippen molar-refractivity contribution in [3.8, 4) is 5.75 Å². The lowest BCUT2D eigenvalue weighted by atomic mass is 10.0. The summed E-state index contributed by atoms with van der Waals surface area (Å²) >= 11 is 0. The number of hydrogen-bond donors (Lipinski definition) is 1. The molecular formula is C17H18FNO. The Bertz CT molecular complexity index is 567. The number of nitrogens with one attached hydrogen (secondary N) is 1. The third-order valence-electron chi connectivity index (χ3n) is 3.69. The lowest BCUT2D eigenvalue weighted by Gasteiger charge is -2.10. The van der Waals surface area contributed by atoms with E-state index in [4.69, 9.17) is 4.74 Å². The highest BCUT2D eigenvalue weighted by molar-refractivity contribution is 5.39. The molecule has 1 unspecified atom stereocenters. The van der Waals surface area contributed by atoms with Crippen LogP contribution < -0.4 is 10.1 Å². The second-order valence-electron chi connectivity index (χ2n) is 5.13. The quantitative estimate of drug-likeness (QED) is 0.844. The zero-order valence-electron chi connectivity index (χ0n) is 11.3. The van der Waals surface area contributed by atoms with E-state index >= 15 is 0 Å². The molecule has 1 N–H and O–H groups in total. The summed E-state index contributed by atoms with van der Waals surface area (Å²) < 4.78 is 18.4. The average molecular weight is 271 g/mol. The number of rotatable bonds is 5. The molecule has 0 fully saturated rings. The van der Waals surface area contributed by atoms with Crippen LogP contribution in [0.15, 0.2) is 48.5 Å². The molecule has 3 heteroatoms. The smallest absolute Gasteiger partial charge is 0.123 e. The van der Waals surface area contributed by atoms with Crippen LogP contribution in [0.2, 0.25) is 0 Å². The monoisotopic (exact) mass is 271 g/mol. The van der Waals surface area contributed by atoms with Gasteiger partial charge in [0.2, 0.25) is 0 Å². The Hall–Kier alpha value is -1.87. The van der Waals surface area contributed by atoms with E-state index in [1.807, 2.05) is 24.3 Å². The molecular weight excluding hydrogens is 253 g/mol. The fraction of sp³-hybridized carbons (Fsp3) is 0.294. The van der Waals surface area contributed by atoms with E-state index < -0.39 is 0 Å². The summed E-state index contributed by atoms with van der Waals surface area (Å²) in [6.07, 6.45) is 0.912. The molecule has 2 aromatic rings. The Kier molecular flexibility index (Phi) is 3.97. The molecule has 0 aromatic heterocycles. The van der Waals surface area contributed by atoms with Crippen LogP contribution in [0.4, 0.5) is 4.39 Å². The van der Waals surface area contributed by atoms with Gasteiger partial charge in [-0.3, -0.25) is 0 Å². The van der Waals surface area contributed by atoms with Crippen molar-refractivity contribution < 1.29 is 9.13 Å². The van der Waals surface area contributed by atoms with Crippen LogP contribution in [0.5, 0.6) is 5.75 Å².